The molecule has 3 nitrogen and oxygen atoms in total. The van der Waals surface area contributed by atoms with Crippen molar-refractivity contribution in [2.45, 2.75) is 31.8 Å². The van der Waals surface area contributed by atoms with Gasteiger partial charge in [0, 0.05) is 6.04 Å². The van der Waals surface area contributed by atoms with Crippen molar-refractivity contribution in [2.24, 2.45) is 0 Å². The minimum Gasteiger partial charge on any atom is -0.348 e. The molecule has 0 unspecified atom stereocenters. The van der Waals surface area contributed by atoms with Gasteiger partial charge in [-0.15, -0.1) is 0 Å². The Hall–Kier alpha value is -2.65. The number of aryl methyl sites for hydroxylation is 1. The van der Waals surface area contributed by atoms with Crippen molar-refractivity contribution in [2.75, 3.05) is 13.6 Å². The fourth-order valence-corrected chi connectivity index (χ4v) is 4.18. The van der Waals surface area contributed by atoms with Gasteiger partial charge in [0.1, 0.15) is 0 Å². The Labute approximate surface area is 161 Å². The van der Waals surface area contributed by atoms with Crippen molar-refractivity contribution in [3.63, 3.8) is 0 Å². The third kappa shape index (κ3) is 3.74. The largest absolute Gasteiger partial charge is 0.348 e. The van der Waals surface area contributed by atoms with E-state index in [0.717, 1.165) is 18.4 Å². The van der Waals surface area contributed by atoms with Gasteiger partial charge in [-0.1, -0.05) is 60.7 Å². The Morgan fingerprint density at radius 2 is 1.81 bits per heavy atom. The summed E-state index contributed by atoms with van der Waals surface area (Å²) in [4.78, 5) is 14.8. The second-order valence-corrected chi connectivity index (χ2v) is 7.56. The highest BCUT2D eigenvalue weighted by Crippen LogP contribution is 2.34. The Balaban J connectivity index is 1.40. The van der Waals surface area contributed by atoms with Gasteiger partial charge in [-0.25, -0.2) is 0 Å². The highest BCUT2D eigenvalue weighted by atomic mass is 16.2. The Kier molecular flexibility index (Phi) is 4.95. The quantitative estimate of drug-likeness (QED) is 0.721. The molecule has 1 N–H and O–H groups in total. The molecule has 0 spiro atoms. The number of nitrogens with zero attached hydrogens (tertiary/aromatic N) is 1. The molecule has 1 aliphatic carbocycles. The minimum absolute atomic E-state index is 0.00799. The summed E-state index contributed by atoms with van der Waals surface area (Å²) in [5, 5.41) is 5.58. The summed E-state index contributed by atoms with van der Waals surface area (Å²) in [7, 11) is 2.05. The maximum absolute atomic E-state index is 12.6. The van der Waals surface area contributed by atoms with Crippen LogP contribution < -0.4 is 5.32 Å². The van der Waals surface area contributed by atoms with Crippen molar-refractivity contribution in [1.82, 2.24) is 10.2 Å². The van der Waals surface area contributed by atoms with Crippen LogP contribution in [-0.2, 0) is 11.2 Å². The topological polar surface area (TPSA) is 32.3 Å². The first-order valence-electron chi connectivity index (χ1n) is 9.68. The van der Waals surface area contributed by atoms with Crippen LogP contribution in [0, 0.1) is 0 Å². The van der Waals surface area contributed by atoms with Crippen LogP contribution in [0.3, 0.4) is 0 Å². The van der Waals surface area contributed by atoms with Crippen LogP contribution in [0.4, 0.5) is 0 Å². The van der Waals surface area contributed by atoms with Gasteiger partial charge in [0.15, 0.2) is 0 Å². The smallest absolute Gasteiger partial charge is 0.234 e. The van der Waals surface area contributed by atoms with Gasteiger partial charge in [0.05, 0.1) is 12.6 Å². The summed E-state index contributed by atoms with van der Waals surface area (Å²) >= 11 is 0. The predicted molar refractivity (Wildman–Crippen MR) is 111 cm³/mol. The maximum atomic E-state index is 12.6. The van der Waals surface area contributed by atoms with Crippen LogP contribution in [0.25, 0.3) is 10.8 Å². The van der Waals surface area contributed by atoms with Gasteiger partial charge in [-0.3, -0.25) is 9.69 Å². The molecule has 0 saturated heterocycles. The van der Waals surface area contributed by atoms with Crippen molar-refractivity contribution in [3.05, 3.63) is 83.4 Å². The van der Waals surface area contributed by atoms with E-state index in [1.807, 2.05) is 26.1 Å². The number of carbonyl (C=O) groups excluding carboxylic acids is 1. The summed E-state index contributed by atoms with van der Waals surface area (Å²) in [6.07, 6.45) is 2.18. The van der Waals surface area contributed by atoms with Gasteiger partial charge in [-0.05, 0) is 60.3 Å². The zero-order valence-electron chi connectivity index (χ0n) is 16.0. The van der Waals surface area contributed by atoms with E-state index < -0.39 is 0 Å². The number of nitrogens with one attached hydrogen (secondary N) is 1. The van der Waals surface area contributed by atoms with E-state index >= 15 is 0 Å². The summed E-state index contributed by atoms with van der Waals surface area (Å²) in [5.74, 6) is 0.0718. The second kappa shape index (κ2) is 7.53. The normalized spacial score (nSPS) is 17.1. The van der Waals surface area contributed by atoms with Crippen molar-refractivity contribution in [3.8, 4) is 0 Å². The molecular formula is C24H26N2O. The molecule has 2 atom stereocenters. The lowest BCUT2D eigenvalue weighted by Gasteiger charge is -2.25. The number of amides is 1. The molecule has 0 aliphatic heterocycles. The summed E-state index contributed by atoms with van der Waals surface area (Å²) < 4.78 is 0. The standard InChI is InChI=1S/C24H26N2O/c1-17(20-12-11-18-7-3-4-9-21(18)15-20)25-24(27)16-26(2)23-14-13-19-8-5-6-10-22(19)23/h3-12,15,17,23H,13-14,16H2,1-2H3,(H,25,27)/t17-,23-/m1/s1. The molecule has 3 aromatic rings. The predicted octanol–water partition coefficient (Wildman–Crippen LogP) is 4.64. The van der Waals surface area contributed by atoms with E-state index in [4.69, 9.17) is 0 Å². The van der Waals surface area contributed by atoms with E-state index in [1.165, 1.54) is 21.9 Å². The molecule has 0 heterocycles. The summed E-state index contributed by atoms with van der Waals surface area (Å²) in [6, 6.07) is 23.6. The number of rotatable bonds is 5. The molecule has 3 heteroatoms. The van der Waals surface area contributed by atoms with Gasteiger partial charge in [-0.2, -0.15) is 0 Å². The molecule has 4 rings (SSSR count). The Bertz CT molecular complexity index is 965. The Morgan fingerprint density at radius 1 is 1.07 bits per heavy atom. The van der Waals surface area contributed by atoms with Gasteiger partial charge < -0.3 is 5.32 Å². The molecule has 0 bridgehead atoms. The van der Waals surface area contributed by atoms with Gasteiger partial charge >= 0.3 is 0 Å². The van der Waals surface area contributed by atoms with E-state index in [0.29, 0.717) is 12.6 Å². The average molecular weight is 358 g/mol. The first-order chi connectivity index (χ1) is 13.1. The van der Waals surface area contributed by atoms with Gasteiger partial charge in [0.25, 0.3) is 0 Å². The number of benzene rings is 3. The van der Waals surface area contributed by atoms with Crippen molar-refractivity contribution >= 4 is 16.7 Å². The molecule has 0 saturated carbocycles. The van der Waals surface area contributed by atoms with Crippen LogP contribution in [0.1, 0.15) is 42.1 Å². The molecule has 1 aliphatic rings. The van der Waals surface area contributed by atoms with Crippen LogP contribution in [0.2, 0.25) is 0 Å². The lowest BCUT2D eigenvalue weighted by molar-refractivity contribution is -0.123. The number of likely N-dealkylation sites (N-methyl/N-ethyl adjacent to an activating group) is 1. The third-order valence-corrected chi connectivity index (χ3v) is 5.68. The van der Waals surface area contributed by atoms with Crippen LogP contribution in [0.15, 0.2) is 66.7 Å². The number of hydrogen-bond acceptors (Lipinski definition) is 2. The molecule has 27 heavy (non-hydrogen) atoms. The van der Waals surface area contributed by atoms with E-state index in [-0.39, 0.29) is 11.9 Å². The highest BCUT2D eigenvalue weighted by molar-refractivity contribution is 5.83. The van der Waals surface area contributed by atoms with Crippen LogP contribution >= 0.6 is 0 Å². The summed E-state index contributed by atoms with van der Waals surface area (Å²) in [6.45, 7) is 2.46. The SMILES string of the molecule is C[C@@H](NC(=O)CN(C)[C@@H]1CCc2ccccc21)c1ccc2ccccc2c1. The fourth-order valence-electron chi connectivity index (χ4n) is 4.18. The monoisotopic (exact) mass is 358 g/mol. The summed E-state index contributed by atoms with van der Waals surface area (Å²) in [5.41, 5.74) is 3.92. The molecule has 1 amide bonds. The lowest BCUT2D eigenvalue weighted by Crippen LogP contribution is -2.37. The van der Waals surface area contributed by atoms with Crippen molar-refractivity contribution in [1.29, 1.82) is 0 Å². The first-order valence-corrected chi connectivity index (χ1v) is 9.68. The van der Waals surface area contributed by atoms with E-state index in [1.54, 1.807) is 0 Å². The Morgan fingerprint density at radius 3 is 2.67 bits per heavy atom. The zero-order valence-corrected chi connectivity index (χ0v) is 16.0. The van der Waals surface area contributed by atoms with Gasteiger partial charge in [0.2, 0.25) is 5.91 Å². The first kappa shape index (κ1) is 17.7. The van der Waals surface area contributed by atoms with E-state index in [9.17, 15) is 4.79 Å². The highest BCUT2D eigenvalue weighted by Gasteiger charge is 2.26. The van der Waals surface area contributed by atoms with E-state index in [2.05, 4.69) is 64.8 Å². The van der Waals surface area contributed by atoms with Crippen LogP contribution in [-0.4, -0.2) is 24.4 Å². The molecule has 138 valence electrons. The molecular weight excluding hydrogens is 332 g/mol. The number of carbonyl (C=O) groups is 1. The molecule has 0 radical (unpaired) electrons. The molecule has 0 aromatic heterocycles. The third-order valence-electron chi connectivity index (χ3n) is 5.68. The maximum Gasteiger partial charge on any atom is 0.234 e. The zero-order chi connectivity index (χ0) is 18.8. The minimum atomic E-state index is -0.00799. The molecule has 3 aromatic carbocycles. The number of fused-ring (bicyclic) bond motifs is 2. The lowest BCUT2D eigenvalue weighted by atomic mass is 10.0. The van der Waals surface area contributed by atoms with Crippen molar-refractivity contribution < 1.29 is 4.79 Å². The molecule has 0 fully saturated rings. The fraction of sp³-hybridized carbons (Fsp3) is 0.292. The second-order valence-electron chi connectivity index (χ2n) is 7.56. The number of hydrogen-bond donors (Lipinski definition) is 1. The average Bonchev–Trinajstić information content (AvgIpc) is 3.11. The van der Waals surface area contributed by atoms with Crippen LogP contribution in [0.5, 0.6) is 0 Å².